The minimum Gasteiger partial charge on any atom is -0.480 e. The van der Waals surface area contributed by atoms with Crippen molar-refractivity contribution < 1.29 is 73.9 Å². The van der Waals surface area contributed by atoms with Crippen molar-refractivity contribution in [1.29, 1.82) is 0 Å². The highest BCUT2D eigenvalue weighted by Gasteiger charge is 2.55. The van der Waals surface area contributed by atoms with E-state index < -0.39 is 132 Å². The number of urea groups is 1. The van der Waals surface area contributed by atoms with Gasteiger partial charge in [-0.25, -0.2) is 19.2 Å². The van der Waals surface area contributed by atoms with Crippen LogP contribution < -0.4 is 39.1 Å². The molecule has 0 radical (unpaired) electrons. The van der Waals surface area contributed by atoms with Gasteiger partial charge in [0.2, 0.25) is 5.91 Å². The zero-order valence-electron chi connectivity index (χ0n) is 26.3. The van der Waals surface area contributed by atoms with Crippen LogP contribution in [0.15, 0.2) is 15.8 Å². The van der Waals surface area contributed by atoms with Crippen LogP contribution in [-0.2, 0) is 33.4 Å². The van der Waals surface area contributed by atoms with Crippen molar-refractivity contribution in [3.63, 3.8) is 0 Å². The Balaban J connectivity index is 1.81. The van der Waals surface area contributed by atoms with E-state index in [1.807, 2.05) is 5.32 Å². The number of carbonyl (C=O) groups excluding carboxylic acids is 2. The van der Waals surface area contributed by atoms with E-state index in [1.54, 1.807) is 4.98 Å². The second kappa shape index (κ2) is 17.8. The second-order valence-corrected chi connectivity index (χ2v) is 12.7. The van der Waals surface area contributed by atoms with Gasteiger partial charge in [-0.3, -0.25) is 19.4 Å². The number of thioether (sulfide) groups is 1. The number of aliphatic carboxylic acids is 3. The summed E-state index contributed by atoms with van der Waals surface area (Å²) in [4.78, 5) is 87.5. The normalized spacial score (nSPS) is 30.3. The molecule has 2 saturated heterocycles. The summed E-state index contributed by atoms with van der Waals surface area (Å²) in [6.45, 7) is 0. The Morgan fingerprint density at radius 2 is 1.73 bits per heavy atom. The molecule has 0 saturated carbocycles. The molecule has 13 atom stereocenters. The molecular formula is C26H39N7O17S. The Hall–Kier alpha value is -4.18. The molecule has 25 heteroatoms. The van der Waals surface area contributed by atoms with Gasteiger partial charge in [-0.15, -0.1) is 0 Å². The predicted molar refractivity (Wildman–Crippen MR) is 167 cm³/mol. The Kier molecular flexibility index (Phi) is 14.4. The number of carboxylic acids is 3. The maximum atomic E-state index is 13.1. The second-order valence-electron chi connectivity index (χ2n) is 11.5. The molecule has 13 unspecified atom stereocenters. The number of primary amides is 1. The Labute approximate surface area is 289 Å². The van der Waals surface area contributed by atoms with Crippen molar-refractivity contribution in [3.8, 4) is 0 Å². The van der Waals surface area contributed by atoms with E-state index in [2.05, 4.69) is 10.3 Å². The fraction of sp³-hybridized carbons (Fsp3) is 0.654. The zero-order valence-corrected chi connectivity index (χ0v) is 27.1. The largest absolute Gasteiger partial charge is 0.480 e. The van der Waals surface area contributed by atoms with Crippen LogP contribution in [0, 0.1) is 0 Å². The standard InChI is InChI=1S/C26H39N7O17S/c27-7-3-10(20(39)31-9(22(42)43)1-2-51-5-8(28)21(40)41)48-24(13(7)35)50-16-11(32-25(29)46)14(36)17(49-18(16)23(44)45)15(37)12(34)6-4-30-26(47)33-19(6)38/h4,7-18,24,34-37H,1-3,5,27-28H2,(H,31,39)(H,40,41)(H,42,43)(H,44,45)(H3,29,32,46)(H2,30,33,38,47). The van der Waals surface area contributed by atoms with Crippen LogP contribution in [0.1, 0.15) is 24.5 Å². The fourth-order valence-electron chi connectivity index (χ4n) is 5.21. The highest BCUT2D eigenvalue weighted by Crippen LogP contribution is 2.32. The number of amides is 3. The number of ether oxygens (including phenoxy) is 3. The molecule has 286 valence electrons. The van der Waals surface area contributed by atoms with Crippen LogP contribution in [0.2, 0.25) is 0 Å². The van der Waals surface area contributed by atoms with E-state index in [4.69, 9.17) is 36.5 Å². The first-order valence-electron chi connectivity index (χ1n) is 15.0. The topological polar surface area (TPSA) is 422 Å². The first-order valence-corrected chi connectivity index (χ1v) is 16.1. The van der Waals surface area contributed by atoms with Crippen LogP contribution in [0.25, 0.3) is 0 Å². The lowest BCUT2D eigenvalue weighted by atomic mass is 9.87. The summed E-state index contributed by atoms with van der Waals surface area (Å²) in [5.41, 5.74) is 13.9. The summed E-state index contributed by atoms with van der Waals surface area (Å²) >= 11 is 1.03. The molecule has 24 nitrogen and oxygen atoms in total. The average Bonchev–Trinajstić information content (AvgIpc) is 3.04. The maximum absolute atomic E-state index is 13.1. The zero-order chi connectivity index (χ0) is 38.3. The number of H-pyrrole nitrogens is 2. The summed E-state index contributed by atoms with van der Waals surface area (Å²) < 4.78 is 16.5. The lowest BCUT2D eigenvalue weighted by Crippen LogP contribution is -2.70. The number of nitrogens with one attached hydrogen (secondary N) is 4. The minimum atomic E-state index is -2.29. The number of aromatic nitrogens is 2. The molecule has 2 aliphatic heterocycles. The molecule has 3 amide bonds. The molecule has 3 rings (SSSR count). The summed E-state index contributed by atoms with van der Waals surface area (Å²) in [5.74, 6) is -5.55. The molecule has 0 aromatic carbocycles. The van der Waals surface area contributed by atoms with Crippen molar-refractivity contribution in [2.75, 3.05) is 11.5 Å². The summed E-state index contributed by atoms with van der Waals surface area (Å²) in [6, 6.07) is -7.27. The third kappa shape index (κ3) is 10.4. The minimum absolute atomic E-state index is 0.0369. The lowest BCUT2D eigenvalue weighted by Gasteiger charge is -2.47. The third-order valence-corrected chi connectivity index (χ3v) is 9.02. The van der Waals surface area contributed by atoms with Crippen LogP contribution in [-0.4, -0.2) is 160 Å². The van der Waals surface area contributed by atoms with E-state index in [0.717, 1.165) is 18.0 Å². The maximum Gasteiger partial charge on any atom is 0.335 e. The van der Waals surface area contributed by atoms with E-state index in [9.17, 15) is 64.2 Å². The Bertz CT molecular complexity index is 1550. The van der Waals surface area contributed by atoms with Crippen molar-refractivity contribution in [2.24, 2.45) is 17.2 Å². The van der Waals surface area contributed by atoms with Crippen molar-refractivity contribution in [3.05, 3.63) is 32.6 Å². The molecule has 51 heavy (non-hydrogen) atoms. The number of hydrogen-bond acceptors (Lipinski definition) is 17. The van der Waals surface area contributed by atoms with Gasteiger partial charge in [-0.05, 0) is 12.2 Å². The van der Waals surface area contributed by atoms with E-state index in [0.29, 0.717) is 0 Å². The van der Waals surface area contributed by atoms with Crippen LogP contribution >= 0.6 is 11.8 Å². The van der Waals surface area contributed by atoms with Crippen molar-refractivity contribution in [1.82, 2.24) is 20.6 Å². The van der Waals surface area contributed by atoms with Crippen LogP contribution in [0.3, 0.4) is 0 Å². The third-order valence-electron chi connectivity index (χ3n) is 7.91. The summed E-state index contributed by atoms with van der Waals surface area (Å²) in [6.07, 6.45) is -18.3. The summed E-state index contributed by atoms with van der Waals surface area (Å²) in [5, 5.41) is 76.1. The highest BCUT2D eigenvalue weighted by atomic mass is 32.2. The number of aliphatic hydroxyl groups excluding tert-OH is 4. The predicted octanol–water partition coefficient (Wildman–Crippen LogP) is -7.00. The van der Waals surface area contributed by atoms with Crippen LogP contribution in [0.5, 0.6) is 0 Å². The van der Waals surface area contributed by atoms with E-state index in [1.165, 1.54) is 0 Å². The average molecular weight is 754 g/mol. The molecule has 0 bridgehead atoms. The van der Waals surface area contributed by atoms with Gasteiger partial charge in [0.25, 0.3) is 5.56 Å². The first kappa shape index (κ1) is 41.2. The number of nitrogens with two attached hydrogens (primary N) is 3. The highest BCUT2D eigenvalue weighted by molar-refractivity contribution is 7.99. The molecule has 2 aliphatic rings. The van der Waals surface area contributed by atoms with Gasteiger partial charge in [-0.2, -0.15) is 11.8 Å². The van der Waals surface area contributed by atoms with E-state index >= 15 is 0 Å². The van der Waals surface area contributed by atoms with Gasteiger partial charge in [0.15, 0.2) is 12.4 Å². The molecular weight excluding hydrogens is 714 g/mol. The van der Waals surface area contributed by atoms with Gasteiger partial charge in [0.1, 0.15) is 54.8 Å². The molecule has 17 N–H and O–H groups in total. The quantitative estimate of drug-likeness (QED) is 0.0697. The molecule has 1 aromatic heterocycles. The van der Waals surface area contributed by atoms with Crippen molar-refractivity contribution in [2.45, 2.75) is 92.1 Å². The monoisotopic (exact) mass is 753 g/mol. The van der Waals surface area contributed by atoms with Gasteiger partial charge >= 0.3 is 29.6 Å². The molecule has 0 spiro atoms. The first-order chi connectivity index (χ1) is 23.8. The lowest BCUT2D eigenvalue weighted by molar-refractivity contribution is -0.299. The SMILES string of the molecule is NC(=O)NC1C(O)C(C(O)C(O)c2c[nH]c(=O)[nH]c2=O)OC(C(=O)O)C1OC1OC(C(=O)NC(CCSCC(N)C(=O)O)C(=O)O)CC(N)C1O. The van der Waals surface area contributed by atoms with Gasteiger partial charge in [-0.1, -0.05) is 0 Å². The number of hydrogen-bond donors (Lipinski definition) is 14. The summed E-state index contributed by atoms with van der Waals surface area (Å²) in [7, 11) is 0. The molecule has 1 aromatic rings. The van der Waals surface area contributed by atoms with Gasteiger partial charge in [0.05, 0.1) is 11.6 Å². The number of rotatable bonds is 16. The molecule has 3 heterocycles. The Morgan fingerprint density at radius 3 is 2.29 bits per heavy atom. The van der Waals surface area contributed by atoms with E-state index in [-0.39, 0.29) is 17.9 Å². The number of carboxylic acid groups (broad SMARTS) is 3. The smallest absolute Gasteiger partial charge is 0.335 e. The van der Waals surface area contributed by atoms with Crippen LogP contribution in [0.4, 0.5) is 4.79 Å². The number of carbonyl (C=O) groups is 5. The Morgan fingerprint density at radius 1 is 1.06 bits per heavy atom. The number of aliphatic hydroxyl groups is 4. The van der Waals surface area contributed by atoms with Crippen molar-refractivity contribution >= 4 is 41.6 Å². The molecule has 2 fully saturated rings. The number of aromatic amines is 2. The fourth-order valence-corrected chi connectivity index (χ4v) is 6.18. The molecule has 0 aliphatic carbocycles. The van der Waals surface area contributed by atoms with Gasteiger partial charge < -0.3 is 82.8 Å². The van der Waals surface area contributed by atoms with Gasteiger partial charge in [0, 0.05) is 24.4 Å².